The molecule has 31 heavy (non-hydrogen) atoms. The predicted molar refractivity (Wildman–Crippen MR) is 122 cm³/mol. The zero-order valence-electron chi connectivity index (χ0n) is 18.9. The first kappa shape index (κ1) is 20.8. The van der Waals surface area contributed by atoms with Crippen LogP contribution in [0.25, 0.3) is 22.2 Å². The molecule has 0 saturated carbocycles. The van der Waals surface area contributed by atoms with Gasteiger partial charge in [0.25, 0.3) is 5.91 Å². The van der Waals surface area contributed by atoms with Gasteiger partial charge in [0, 0.05) is 41.5 Å². The highest BCUT2D eigenvalue weighted by Gasteiger charge is 2.21. The van der Waals surface area contributed by atoms with E-state index in [2.05, 4.69) is 22.4 Å². The molecule has 0 fully saturated rings. The van der Waals surface area contributed by atoms with Gasteiger partial charge in [-0.2, -0.15) is 10.2 Å². The molecule has 3 heterocycles. The van der Waals surface area contributed by atoms with Crippen molar-refractivity contribution in [2.75, 3.05) is 0 Å². The monoisotopic (exact) mass is 416 g/mol. The molecule has 0 aliphatic heterocycles. The molecule has 0 radical (unpaired) electrons. The summed E-state index contributed by atoms with van der Waals surface area (Å²) in [7, 11) is 1.92. The zero-order chi connectivity index (χ0) is 22.3. The van der Waals surface area contributed by atoms with E-state index in [1.54, 1.807) is 0 Å². The largest absolute Gasteiger partial charge is 0.345 e. The Morgan fingerprint density at radius 1 is 1.16 bits per heavy atom. The first-order valence-electron chi connectivity index (χ1n) is 10.5. The molecule has 1 atom stereocenters. The molecule has 4 rings (SSSR count). The van der Waals surface area contributed by atoms with Crippen molar-refractivity contribution >= 4 is 16.8 Å². The van der Waals surface area contributed by atoms with E-state index in [4.69, 9.17) is 4.98 Å². The number of aromatic nitrogens is 5. The maximum atomic E-state index is 13.4. The van der Waals surface area contributed by atoms with Gasteiger partial charge in [-0.05, 0) is 46.8 Å². The number of benzene rings is 1. The second-order valence-electron chi connectivity index (χ2n) is 7.94. The van der Waals surface area contributed by atoms with Crippen molar-refractivity contribution in [2.24, 2.45) is 7.05 Å². The number of aryl methyl sites for hydroxylation is 3. The Hall–Kier alpha value is -3.48. The third-order valence-corrected chi connectivity index (χ3v) is 5.98. The fourth-order valence-corrected chi connectivity index (χ4v) is 4.19. The highest BCUT2D eigenvalue weighted by atomic mass is 16.1. The molecular weight excluding hydrogens is 388 g/mol. The van der Waals surface area contributed by atoms with Crippen LogP contribution in [0.15, 0.2) is 36.5 Å². The zero-order valence-corrected chi connectivity index (χ0v) is 18.9. The molecule has 3 aromatic heterocycles. The van der Waals surface area contributed by atoms with Crippen LogP contribution in [0, 0.1) is 20.8 Å². The van der Waals surface area contributed by atoms with Gasteiger partial charge in [-0.15, -0.1) is 0 Å². The van der Waals surface area contributed by atoms with Crippen molar-refractivity contribution in [3.8, 4) is 11.3 Å². The van der Waals surface area contributed by atoms with Crippen LogP contribution in [0.4, 0.5) is 0 Å². The van der Waals surface area contributed by atoms with Crippen LogP contribution in [0.3, 0.4) is 0 Å². The number of fused-ring (bicyclic) bond motifs is 1. The molecule has 1 aromatic carbocycles. The average Bonchev–Trinajstić information content (AvgIpc) is 3.25. The molecule has 0 bridgehead atoms. The summed E-state index contributed by atoms with van der Waals surface area (Å²) < 4.78 is 3.78. The fraction of sp³-hybridized carbons (Fsp3) is 0.333. The first-order valence-corrected chi connectivity index (χ1v) is 10.5. The third-order valence-electron chi connectivity index (χ3n) is 5.98. The van der Waals surface area contributed by atoms with Crippen molar-refractivity contribution in [3.63, 3.8) is 0 Å². The van der Waals surface area contributed by atoms with Gasteiger partial charge in [-0.25, -0.2) is 4.98 Å². The van der Waals surface area contributed by atoms with Gasteiger partial charge in [0.15, 0.2) is 0 Å². The van der Waals surface area contributed by atoms with E-state index in [1.165, 1.54) is 0 Å². The molecule has 0 saturated heterocycles. The summed E-state index contributed by atoms with van der Waals surface area (Å²) >= 11 is 0. The molecule has 4 aromatic rings. The molecule has 1 N–H and O–H groups in total. The summed E-state index contributed by atoms with van der Waals surface area (Å²) in [6, 6.07) is 9.47. The number of carbonyl (C=O) groups is 1. The number of hydrogen-bond donors (Lipinski definition) is 1. The molecule has 0 spiro atoms. The normalized spacial score (nSPS) is 12.3. The number of nitrogens with zero attached hydrogens (tertiary/aromatic N) is 5. The van der Waals surface area contributed by atoms with Crippen LogP contribution >= 0.6 is 0 Å². The molecule has 0 aliphatic rings. The average molecular weight is 417 g/mol. The standard InChI is InChI=1S/C24H28N6O/c1-7-30-16(4)20(13-25-30)14(2)26-24(31)19-12-22(23-15(3)28-29(6)17(23)5)27-21-11-9-8-10-18(19)21/h8-14H,7H2,1-6H3,(H,26,31). The number of para-hydroxylation sites is 1. The summed E-state index contributed by atoms with van der Waals surface area (Å²) in [4.78, 5) is 18.2. The summed E-state index contributed by atoms with van der Waals surface area (Å²) in [5.41, 5.74) is 7.12. The maximum absolute atomic E-state index is 13.4. The van der Waals surface area contributed by atoms with Gasteiger partial charge >= 0.3 is 0 Å². The van der Waals surface area contributed by atoms with Gasteiger partial charge < -0.3 is 5.32 Å². The minimum absolute atomic E-state index is 0.129. The number of amides is 1. The van der Waals surface area contributed by atoms with Gasteiger partial charge in [0.2, 0.25) is 0 Å². The van der Waals surface area contributed by atoms with Crippen molar-refractivity contribution in [3.05, 3.63) is 64.7 Å². The van der Waals surface area contributed by atoms with Crippen molar-refractivity contribution in [1.29, 1.82) is 0 Å². The molecular formula is C24H28N6O. The van der Waals surface area contributed by atoms with E-state index >= 15 is 0 Å². The van der Waals surface area contributed by atoms with Crippen LogP contribution in [-0.4, -0.2) is 30.5 Å². The fourth-order valence-electron chi connectivity index (χ4n) is 4.19. The van der Waals surface area contributed by atoms with Gasteiger partial charge in [-0.3, -0.25) is 14.2 Å². The van der Waals surface area contributed by atoms with E-state index in [1.807, 2.05) is 80.6 Å². The van der Waals surface area contributed by atoms with E-state index in [0.717, 1.165) is 51.4 Å². The van der Waals surface area contributed by atoms with Gasteiger partial charge in [0.1, 0.15) is 0 Å². The van der Waals surface area contributed by atoms with E-state index in [9.17, 15) is 4.79 Å². The maximum Gasteiger partial charge on any atom is 0.252 e. The Balaban J connectivity index is 1.77. The third kappa shape index (κ3) is 3.60. The quantitative estimate of drug-likeness (QED) is 0.527. The van der Waals surface area contributed by atoms with Crippen molar-refractivity contribution in [2.45, 2.75) is 47.2 Å². The Bertz CT molecular complexity index is 1280. The summed E-state index contributed by atoms with van der Waals surface area (Å²) in [5, 5.41) is 12.9. The second kappa shape index (κ2) is 7.98. The van der Waals surface area contributed by atoms with Crippen LogP contribution in [-0.2, 0) is 13.6 Å². The molecule has 0 aliphatic carbocycles. The number of carbonyl (C=O) groups excluding carboxylic acids is 1. The Morgan fingerprint density at radius 3 is 2.55 bits per heavy atom. The molecule has 7 heteroatoms. The van der Waals surface area contributed by atoms with Crippen LogP contribution in [0.1, 0.15) is 52.9 Å². The summed E-state index contributed by atoms with van der Waals surface area (Å²) in [6.07, 6.45) is 1.84. The smallest absolute Gasteiger partial charge is 0.252 e. The van der Waals surface area contributed by atoms with Crippen molar-refractivity contribution in [1.82, 2.24) is 29.9 Å². The lowest BCUT2D eigenvalue weighted by Crippen LogP contribution is -2.27. The lowest BCUT2D eigenvalue weighted by Gasteiger charge is -2.16. The predicted octanol–water partition coefficient (Wildman–Crippen LogP) is 4.27. The van der Waals surface area contributed by atoms with Crippen LogP contribution < -0.4 is 5.32 Å². The Morgan fingerprint density at radius 2 is 1.90 bits per heavy atom. The number of hydrogen-bond acceptors (Lipinski definition) is 4. The van der Waals surface area contributed by atoms with Gasteiger partial charge in [-0.1, -0.05) is 18.2 Å². The topological polar surface area (TPSA) is 77.6 Å². The second-order valence-corrected chi connectivity index (χ2v) is 7.94. The Labute approximate surface area is 182 Å². The number of rotatable bonds is 5. The number of nitrogens with one attached hydrogen (secondary N) is 1. The lowest BCUT2D eigenvalue weighted by molar-refractivity contribution is 0.0941. The molecule has 1 amide bonds. The van der Waals surface area contributed by atoms with Gasteiger partial charge in [0.05, 0.1) is 34.7 Å². The number of pyridine rings is 1. The molecule has 160 valence electrons. The Kier molecular flexibility index (Phi) is 5.35. The van der Waals surface area contributed by atoms with E-state index in [0.29, 0.717) is 5.56 Å². The van der Waals surface area contributed by atoms with Crippen LogP contribution in [0.2, 0.25) is 0 Å². The SMILES string of the molecule is CCn1ncc(C(C)NC(=O)c2cc(-c3c(C)nn(C)c3C)nc3ccccc23)c1C. The summed E-state index contributed by atoms with van der Waals surface area (Å²) in [6.45, 7) is 10.9. The van der Waals surface area contributed by atoms with E-state index in [-0.39, 0.29) is 11.9 Å². The first-order chi connectivity index (χ1) is 14.8. The minimum Gasteiger partial charge on any atom is -0.345 e. The van der Waals surface area contributed by atoms with Crippen molar-refractivity contribution < 1.29 is 4.79 Å². The highest BCUT2D eigenvalue weighted by molar-refractivity contribution is 6.07. The van der Waals surface area contributed by atoms with Crippen LogP contribution in [0.5, 0.6) is 0 Å². The molecule has 7 nitrogen and oxygen atoms in total. The highest BCUT2D eigenvalue weighted by Crippen LogP contribution is 2.29. The molecule has 1 unspecified atom stereocenters. The lowest BCUT2D eigenvalue weighted by atomic mass is 10.0. The minimum atomic E-state index is -0.162. The summed E-state index contributed by atoms with van der Waals surface area (Å²) in [5.74, 6) is -0.129. The van der Waals surface area contributed by atoms with E-state index < -0.39 is 0 Å².